The summed E-state index contributed by atoms with van der Waals surface area (Å²) in [5.74, 6) is -3.15. The smallest absolute Gasteiger partial charge is 0.340 e. The molecule has 0 bridgehead atoms. The molecule has 1 heterocycles. The number of nitrogens with two attached hydrogens (primary N) is 1. The van der Waals surface area contributed by atoms with Gasteiger partial charge in [0.2, 0.25) is 11.4 Å². The van der Waals surface area contributed by atoms with Gasteiger partial charge in [-0.1, -0.05) is 60.7 Å². The molecule has 3 rings (SSSR count). The highest BCUT2D eigenvalue weighted by Gasteiger charge is 2.44. The Hall–Kier alpha value is -4.00. The van der Waals surface area contributed by atoms with Gasteiger partial charge in [-0.15, -0.1) is 0 Å². The van der Waals surface area contributed by atoms with Crippen LogP contribution in [0.15, 0.2) is 60.7 Å². The lowest BCUT2D eigenvalue weighted by Gasteiger charge is -2.34. The molecule has 1 unspecified atom stereocenters. The summed E-state index contributed by atoms with van der Waals surface area (Å²) in [6.07, 6.45) is 0. The molecule has 1 aliphatic heterocycles. The van der Waals surface area contributed by atoms with Gasteiger partial charge in [-0.25, -0.2) is 14.4 Å². The number of amides is 3. The van der Waals surface area contributed by atoms with Gasteiger partial charge in [0.25, 0.3) is 0 Å². The van der Waals surface area contributed by atoms with Crippen LogP contribution in [0.3, 0.4) is 0 Å². The lowest BCUT2D eigenvalue weighted by atomic mass is 10.0. The second kappa shape index (κ2) is 14.8. The molecule has 0 aromatic heterocycles. The molecule has 1 saturated heterocycles. The third kappa shape index (κ3) is 9.67. The number of hydrogen-bond acceptors (Lipinski definition) is 8. The number of hydrogen-bond donors (Lipinski definition) is 5. The Bertz CT molecular complexity index is 1090. The van der Waals surface area contributed by atoms with Crippen LogP contribution in [0.5, 0.6) is 0 Å². The number of nitrogens with zero attached hydrogens (tertiary/aromatic N) is 2. The lowest BCUT2D eigenvalue weighted by molar-refractivity contribution is -0.161. The second-order valence-electron chi connectivity index (χ2n) is 9.33. The molecule has 0 saturated carbocycles. The Balaban J connectivity index is 1.31. The van der Waals surface area contributed by atoms with Gasteiger partial charge >= 0.3 is 18.0 Å². The van der Waals surface area contributed by atoms with E-state index in [0.717, 1.165) is 5.56 Å². The number of carbonyl (C=O) groups excluding carboxylic acids is 3. The molecule has 1 atom stereocenters. The standard InChI is InChI=1S/C27H36N6O6/c28-27(24(35)36,25(37)39-19-22-9-5-2-6-10-22)20-31-23(34)18-33-15-13-32(14-16-33)12-11-29-26(38)30-17-21-7-3-1-4-8-21/h1-10H,11-20,28H2,(H,31,34)(H,35,36)(H2,29,30,38). The predicted molar refractivity (Wildman–Crippen MR) is 143 cm³/mol. The zero-order chi connectivity index (χ0) is 28.1. The quantitative estimate of drug-likeness (QED) is 0.170. The Morgan fingerprint density at radius 1 is 0.846 bits per heavy atom. The summed E-state index contributed by atoms with van der Waals surface area (Å²) < 4.78 is 5.09. The number of aliphatic carboxylic acids is 1. The molecule has 0 spiro atoms. The summed E-state index contributed by atoms with van der Waals surface area (Å²) in [5, 5.41) is 17.6. The van der Waals surface area contributed by atoms with E-state index < -0.39 is 29.9 Å². The van der Waals surface area contributed by atoms with Gasteiger partial charge in [-0.2, -0.15) is 0 Å². The first-order chi connectivity index (χ1) is 18.8. The van der Waals surface area contributed by atoms with Crippen LogP contribution in [0.4, 0.5) is 4.79 Å². The average Bonchev–Trinajstić information content (AvgIpc) is 2.95. The van der Waals surface area contributed by atoms with Gasteiger partial charge in [0.05, 0.1) is 13.1 Å². The van der Waals surface area contributed by atoms with Crippen LogP contribution in [0.1, 0.15) is 11.1 Å². The first kappa shape index (κ1) is 29.6. The van der Waals surface area contributed by atoms with E-state index in [0.29, 0.717) is 51.4 Å². The van der Waals surface area contributed by atoms with Crippen molar-refractivity contribution in [3.8, 4) is 0 Å². The van der Waals surface area contributed by atoms with Gasteiger partial charge in [0, 0.05) is 45.8 Å². The number of piperazine rings is 1. The Labute approximate surface area is 227 Å². The fourth-order valence-electron chi connectivity index (χ4n) is 3.92. The van der Waals surface area contributed by atoms with Gasteiger partial charge in [-0.05, 0) is 11.1 Å². The summed E-state index contributed by atoms with van der Waals surface area (Å²) in [6.45, 7) is 3.63. The number of esters is 1. The molecule has 12 nitrogen and oxygen atoms in total. The van der Waals surface area contributed by atoms with Gasteiger partial charge in [0.1, 0.15) is 6.61 Å². The third-order valence-corrected chi connectivity index (χ3v) is 6.36. The number of benzene rings is 2. The number of carboxylic acids is 1. The minimum absolute atomic E-state index is 0.0444. The summed E-state index contributed by atoms with van der Waals surface area (Å²) >= 11 is 0. The van der Waals surface area contributed by atoms with Crippen molar-refractivity contribution in [3.63, 3.8) is 0 Å². The maximum absolute atomic E-state index is 12.5. The molecule has 2 aromatic rings. The van der Waals surface area contributed by atoms with Gasteiger partial charge in [0.15, 0.2) is 0 Å². The topological polar surface area (TPSA) is 166 Å². The third-order valence-electron chi connectivity index (χ3n) is 6.36. The van der Waals surface area contributed by atoms with Crippen LogP contribution in [0.25, 0.3) is 0 Å². The molecule has 0 aliphatic carbocycles. The molecule has 0 radical (unpaired) electrons. The number of carbonyl (C=O) groups is 4. The zero-order valence-electron chi connectivity index (χ0n) is 21.8. The SMILES string of the molecule is NC(CNC(=O)CN1CCN(CCNC(=O)NCc2ccccc2)CC1)(C(=O)O)C(=O)OCc1ccccc1. The molecule has 1 fully saturated rings. The van der Waals surface area contributed by atoms with Crippen molar-refractivity contribution in [1.29, 1.82) is 0 Å². The minimum Gasteiger partial charge on any atom is -0.479 e. The number of ether oxygens (including phenoxy) is 1. The van der Waals surface area contributed by atoms with Gasteiger partial charge < -0.3 is 31.5 Å². The summed E-state index contributed by atoms with van der Waals surface area (Å²) in [6, 6.07) is 18.2. The molecule has 12 heteroatoms. The van der Waals surface area contributed by atoms with Crippen molar-refractivity contribution in [2.75, 3.05) is 52.4 Å². The maximum Gasteiger partial charge on any atom is 0.340 e. The normalized spacial score (nSPS) is 15.5. The van der Waals surface area contributed by atoms with E-state index >= 15 is 0 Å². The van der Waals surface area contributed by atoms with Crippen molar-refractivity contribution >= 4 is 23.9 Å². The largest absolute Gasteiger partial charge is 0.479 e. The monoisotopic (exact) mass is 540 g/mol. The Kier molecular flexibility index (Phi) is 11.2. The van der Waals surface area contributed by atoms with E-state index in [1.165, 1.54) is 0 Å². The highest BCUT2D eigenvalue weighted by atomic mass is 16.5. The van der Waals surface area contributed by atoms with Crippen LogP contribution in [-0.2, 0) is 32.3 Å². The van der Waals surface area contributed by atoms with E-state index in [4.69, 9.17) is 10.5 Å². The number of urea groups is 1. The van der Waals surface area contributed by atoms with Crippen LogP contribution >= 0.6 is 0 Å². The number of carboxylic acid groups (broad SMARTS) is 1. The van der Waals surface area contributed by atoms with Crippen molar-refractivity contribution in [2.24, 2.45) is 5.73 Å². The molecule has 6 N–H and O–H groups in total. The fourth-order valence-corrected chi connectivity index (χ4v) is 3.92. The molecule has 39 heavy (non-hydrogen) atoms. The molecule has 2 aromatic carbocycles. The second-order valence-corrected chi connectivity index (χ2v) is 9.33. The Morgan fingerprint density at radius 2 is 1.44 bits per heavy atom. The van der Waals surface area contributed by atoms with Crippen LogP contribution in [0.2, 0.25) is 0 Å². The minimum atomic E-state index is -2.40. The van der Waals surface area contributed by atoms with Crippen molar-refractivity contribution in [2.45, 2.75) is 18.7 Å². The summed E-state index contributed by atoms with van der Waals surface area (Å²) in [5.41, 5.74) is 5.13. The van der Waals surface area contributed by atoms with Crippen LogP contribution < -0.4 is 21.7 Å². The molecular formula is C27H36N6O6. The molecular weight excluding hydrogens is 504 g/mol. The van der Waals surface area contributed by atoms with E-state index in [1.54, 1.807) is 30.3 Å². The van der Waals surface area contributed by atoms with Crippen molar-refractivity contribution < 1.29 is 29.0 Å². The first-order valence-electron chi connectivity index (χ1n) is 12.8. The van der Waals surface area contributed by atoms with Gasteiger partial charge in [-0.3, -0.25) is 14.6 Å². The molecule has 1 aliphatic rings. The van der Waals surface area contributed by atoms with E-state index in [1.807, 2.05) is 35.2 Å². The zero-order valence-corrected chi connectivity index (χ0v) is 21.8. The van der Waals surface area contributed by atoms with Crippen LogP contribution in [0, 0.1) is 0 Å². The summed E-state index contributed by atoms with van der Waals surface area (Å²) in [4.78, 5) is 52.7. The number of nitrogens with one attached hydrogen (secondary N) is 3. The Morgan fingerprint density at radius 3 is 2.05 bits per heavy atom. The first-order valence-corrected chi connectivity index (χ1v) is 12.8. The molecule has 210 valence electrons. The van der Waals surface area contributed by atoms with E-state index in [2.05, 4.69) is 20.9 Å². The highest BCUT2D eigenvalue weighted by molar-refractivity contribution is 6.04. The summed E-state index contributed by atoms with van der Waals surface area (Å²) in [7, 11) is 0. The molecule has 3 amide bonds. The predicted octanol–water partition coefficient (Wildman–Crippen LogP) is -0.255. The lowest BCUT2D eigenvalue weighted by Crippen LogP contribution is -2.63. The van der Waals surface area contributed by atoms with Crippen LogP contribution in [-0.4, -0.2) is 96.7 Å². The maximum atomic E-state index is 12.5. The van der Waals surface area contributed by atoms with Crippen molar-refractivity contribution in [1.82, 2.24) is 25.8 Å². The van der Waals surface area contributed by atoms with E-state index in [-0.39, 0.29) is 19.2 Å². The number of rotatable bonds is 13. The average molecular weight is 541 g/mol. The van der Waals surface area contributed by atoms with Crippen molar-refractivity contribution in [3.05, 3.63) is 71.8 Å². The fraction of sp³-hybridized carbons (Fsp3) is 0.407. The highest BCUT2D eigenvalue weighted by Crippen LogP contribution is 2.08. The van der Waals surface area contributed by atoms with E-state index in [9.17, 15) is 24.3 Å².